The smallest absolute Gasteiger partial charge is 0.338 e. The molecule has 0 bridgehead atoms. The number of fused-ring (bicyclic) bond motifs is 1. The van der Waals surface area contributed by atoms with Crippen LogP contribution in [0.15, 0.2) is 75.7 Å². The van der Waals surface area contributed by atoms with E-state index in [4.69, 9.17) is 9.73 Å². The van der Waals surface area contributed by atoms with Gasteiger partial charge in [0.1, 0.15) is 0 Å². The zero-order valence-corrected chi connectivity index (χ0v) is 23.3. The van der Waals surface area contributed by atoms with E-state index in [0.717, 1.165) is 28.2 Å². The highest BCUT2D eigenvalue weighted by Gasteiger charge is 2.33. The first-order valence-corrected chi connectivity index (χ1v) is 13.5. The van der Waals surface area contributed by atoms with E-state index in [1.165, 1.54) is 29.6 Å². The normalized spacial score (nSPS) is 15.4. The standard InChI is InChI=1S/C31H31N3O3S/c1-7-24-27(30(36)37-6)28(22-11-9-8-10-12-22)34-29(35)26(38-31(34)32-24)17-23-16-20(4)33(21(23)5)25-14-13-18(2)15-19(25)3/h8-17,28H,7H2,1-6H3/b26-17-/t28-/m0/s1. The highest BCUT2D eigenvalue weighted by Crippen LogP contribution is 2.32. The van der Waals surface area contributed by atoms with Crippen LogP contribution in [0.4, 0.5) is 0 Å². The van der Waals surface area contributed by atoms with Crippen molar-refractivity contribution in [2.24, 2.45) is 4.99 Å². The Balaban J connectivity index is 1.72. The molecule has 0 aliphatic carbocycles. The molecule has 0 radical (unpaired) electrons. The van der Waals surface area contributed by atoms with Gasteiger partial charge in [-0.15, -0.1) is 0 Å². The molecule has 0 amide bonds. The molecule has 2 aromatic carbocycles. The van der Waals surface area contributed by atoms with Crippen LogP contribution in [0.25, 0.3) is 11.8 Å². The molecule has 194 valence electrons. The number of rotatable bonds is 5. The van der Waals surface area contributed by atoms with Crippen LogP contribution in [-0.4, -0.2) is 22.2 Å². The first kappa shape index (κ1) is 25.7. The molecule has 4 aromatic rings. The van der Waals surface area contributed by atoms with Crippen LogP contribution >= 0.6 is 11.3 Å². The predicted octanol–water partition coefficient (Wildman–Crippen LogP) is 4.82. The van der Waals surface area contributed by atoms with Gasteiger partial charge in [-0.05, 0) is 69.0 Å². The fourth-order valence-corrected chi connectivity index (χ4v) is 6.33. The van der Waals surface area contributed by atoms with Crippen molar-refractivity contribution in [3.63, 3.8) is 0 Å². The summed E-state index contributed by atoms with van der Waals surface area (Å²) in [5, 5.41) is 0. The van der Waals surface area contributed by atoms with E-state index < -0.39 is 12.0 Å². The van der Waals surface area contributed by atoms with Gasteiger partial charge in [-0.25, -0.2) is 9.79 Å². The van der Waals surface area contributed by atoms with Gasteiger partial charge in [0.15, 0.2) is 4.80 Å². The number of esters is 1. The average molecular weight is 526 g/mol. The molecule has 1 aliphatic heterocycles. The Hall–Kier alpha value is -3.97. The third-order valence-corrected chi connectivity index (χ3v) is 8.10. The minimum absolute atomic E-state index is 0.171. The maximum absolute atomic E-state index is 13.9. The van der Waals surface area contributed by atoms with Crippen molar-refractivity contribution in [1.29, 1.82) is 0 Å². The predicted molar refractivity (Wildman–Crippen MR) is 152 cm³/mol. The Kier molecular flexibility index (Phi) is 6.80. The number of carbonyl (C=O) groups excluding carboxylic acids is 1. The Labute approximate surface area is 225 Å². The first-order chi connectivity index (χ1) is 18.2. The molecule has 0 spiro atoms. The molecule has 1 aliphatic rings. The Bertz CT molecular complexity index is 1770. The van der Waals surface area contributed by atoms with E-state index >= 15 is 0 Å². The number of hydrogen-bond acceptors (Lipinski definition) is 5. The fraction of sp³-hybridized carbons (Fsp3) is 0.258. The quantitative estimate of drug-likeness (QED) is 0.351. The summed E-state index contributed by atoms with van der Waals surface area (Å²) < 4.78 is 9.59. The SMILES string of the molecule is CCC1=C(C(=O)OC)[C@H](c2ccccc2)n2c(s/c(=C\c3cc(C)n(-c4ccc(C)cc4C)c3C)c2=O)=N1. The molecule has 3 heterocycles. The average Bonchev–Trinajstić information content (AvgIpc) is 3.37. The van der Waals surface area contributed by atoms with Crippen LogP contribution < -0.4 is 14.9 Å². The van der Waals surface area contributed by atoms with Gasteiger partial charge in [-0.1, -0.05) is 66.3 Å². The lowest BCUT2D eigenvalue weighted by atomic mass is 9.95. The van der Waals surface area contributed by atoms with Crippen molar-refractivity contribution in [2.75, 3.05) is 7.11 Å². The van der Waals surface area contributed by atoms with Crippen molar-refractivity contribution in [2.45, 2.75) is 47.1 Å². The maximum atomic E-state index is 13.9. The molecule has 38 heavy (non-hydrogen) atoms. The van der Waals surface area contributed by atoms with Gasteiger partial charge >= 0.3 is 5.97 Å². The van der Waals surface area contributed by atoms with E-state index in [2.05, 4.69) is 56.5 Å². The van der Waals surface area contributed by atoms with Crippen molar-refractivity contribution < 1.29 is 9.53 Å². The Morgan fingerprint density at radius 2 is 1.82 bits per heavy atom. The molecule has 6 nitrogen and oxygen atoms in total. The monoisotopic (exact) mass is 525 g/mol. The lowest BCUT2D eigenvalue weighted by Gasteiger charge is -2.25. The van der Waals surface area contributed by atoms with Gasteiger partial charge in [0.05, 0.1) is 29.0 Å². The molecule has 0 unspecified atom stereocenters. The molecule has 0 N–H and O–H groups in total. The highest BCUT2D eigenvalue weighted by atomic mass is 32.1. The molecule has 2 aromatic heterocycles. The number of aromatic nitrogens is 2. The summed E-state index contributed by atoms with van der Waals surface area (Å²) in [6.07, 6.45) is 2.50. The van der Waals surface area contributed by atoms with Crippen LogP contribution in [0.5, 0.6) is 0 Å². The van der Waals surface area contributed by atoms with Crippen LogP contribution in [0, 0.1) is 27.7 Å². The number of aryl methyl sites for hydroxylation is 3. The number of ether oxygens (including phenoxy) is 1. The maximum Gasteiger partial charge on any atom is 0.338 e. The number of methoxy groups -OCH3 is 1. The Morgan fingerprint density at radius 1 is 1.08 bits per heavy atom. The van der Waals surface area contributed by atoms with E-state index in [9.17, 15) is 9.59 Å². The fourth-order valence-electron chi connectivity index (χ4n) is 5.32. The van der Waals surface area contributed by atoms with Gasteiger partial charge in [0.25, 0.3) is 5.56 Å². The summed E-state index contributed by atoms with van der Waals surface area (Å²) in [6, 6.07) is 17.6. The zero-order valence-electron chi connectivity index (χ0n) is 22.5. The molecule has 1 atom stereocenters. The number of benzene rings is 2. The van der Waals surface area contributed by atoms with Crippen LogP contribution in [0.1, 0.15) is 53.0 Å². The van der Waals surface area contributed by atoms with Crippen LogP contribution in [0.2, 0.25) is 0 Å². The van der Waals surface area contributed by atoms with Gasteiger partial charge in [-0.3, -0.25) is 9.36 Å². The third-order valence-electron chi connectivity index (χ3n) is 7.12. The zero-order chi connectivity index (χ0) is 27.1. The number of allylic oxidation sites excluding steroid dienone is 1. The minimum atomic E-state index is -0.598. The lowest BCUT2D eigenvalue weighted by molar-refractivity contribution is -0.136. The van der Waals surface area contributed by atoms with Crippen molar-refractivity contribution in [1.82, 2.24) is 9.13 Å². The van der Waals surface area contributed by atoms with Crippen LogP contribution in [-0.2, 0) is 9.53 Å². The molecule has 0 fully saturated rings. The van der Waals surface area contributed by atoms with Crippen LogP contribution in [0.3, 0.4) is 0 Å². The van der Waals surface area contributed by atoms with Gasteiger partial charge < -0.3 is 9.30 Å². The number of carbonyl (C=O) groups is 1. The Morgan fingerprint density at radius 3 is 2.47 bits per heavy atom. The van der Waals surface area contributed by atoms with E-state index in [-0.39, 0.29) is 5.56 Å². The topological polar surface area (TPSA) is 65.6 Å². The highest BCUT2D eigenvalue weighted by molar-refractivity contribution is 7.07. The molecular formula is C31H31N3O3S. The van der Waals surface area contributed by atoms with Crippen molar-refractivity contribution in [3.8, 4) is 5.69 Å². The second kappa shape index (κ2) is 10.1. The second-order valence-corrected chi connectivity index (χ2v) is 10.7. The second-order valence-electron chi connectivity index (χ2n) is 9.65. The molecule has 0 saturated carbocycles. The summed E-state index contributed by atoms with van der Waals surface area (Å²) in [6.45, 7) is 10.3. The largest absolute Gasteiger partial charge is 0.466 e. The van der Waals surface area contributed by atoms with Crippen molar-refractivity contribution >= 4 is 23.4 Å². The summed E-state index contributed by atoms with van der Waals surface area (Å²) >= 11 is 1.35. The first-order valence-electron chi connectivity index (χ1n) is 12.7. The summed E-state index contributed by atoms with van der Waals surface area (Å²) in [5.41, 5.74) is 8.41. The molecule has 0 saturated heterocycles. The van der Waals surface area contributed by atoms with Crippen molar-refractivity contribution in [3.05, 3.63) is 119 Å². The molecule has 5 rings (SSSR count). The van der Waals surface area contributed by atoms with E-state index in [1.807, 2.05) is 43.3 Å². The molecule has 7 heteroatoms. The van der Waals surface area contributed by atoms with E-state index in [1.54, 1.807) is 4.57 Å². The van der Waals surface area contributed by atoms with Gasteiger partial charge in [0.2, 0.25) is 0 Å². The van der Waals surface area contributed by atoms with Gasteiger partial charge in [-0.2, -0.15) is 0 Å². The van der Waals surface area contributed by atoms with Gasteiger partial charge in [0, 0.05) is 17.1 Å². The minimum Gasteiger partial charge on any atom is -0.466 e. The summed E-state index contributed by atoms with van der Waals surface area (Å²) in [7, 11) is 1.36. The lowest BCUT2D eigenvalue weighted by Crippen LogP contribution is -2.40. The van der Waals surface area contributed by atoms with E-state index in [0.29, 0.717) is 27.0 Å². The number of hydrogen-bond donors (Lipinski definition) is 0. The third kappa shape index (κ3) is 4.27. The number of nitrogens with zero attached hydrogens (tertiary/aromatic N) is 3. The number of thiazole rings is 1. The summed E-state index contributed by atoms with van der Waals surface area (Å²) in [4.78, 5) is 32.2. The summed E-state index contributed by atoms with van der Waals surface area (Å²) in [5.74, 6) is -0.467. The molecular weight excluding hydrogens is 494 g/mol.